The third kappa shape index (κ3) is 5.50. The number of rotatable bonds is 6. The van der Waals surface area contributed by atoms with Crippen LogP contribution in [0.5, 0.6) is 0 Å². The van der Waals surface area contributed by atoms with Gasteiger partial charge in [0, 0.05) is 13.8 Å². The maximum Gasteiger partial charge on any atom is 0.303 e. The second-order valence-corrected chi connectivity index (χ2v) is 5.70. The zero-order valence-electron chi connectivity index (χ0n) is 14.0. The van der Waals surface area contributed by atoms with E-state index < -0.39 is 42.6 Å². The van der Waals surface area contributed by atoms with Crippen molar-refractivity contribution in [1.29, 1.82) is 0 Å². The molecule has 0 bridgehead atoms. The SMILES string of the molecule is CC(=O)O[C@H]1[C@H](O)[C@@H](COCc2ccccc2)OC(O)[C@@H]1OC(C)=O. The van der Waals surface area contributed by atoms with Gasteiger partial charge in [-0.15, -0.1) is 0 Å². The average molecular weight is 354 g/mol. The number of aliphatic hydroxyl groups is 2. The van der Waals surface area contributed by atoms with Crippen molar-refractivity contribution in [2.75, 3.05) is 6.61 Å². The van der Waals surface area contributed by atoms with Crippen molar-refractivity contribution in [1.82, 2.24) is 0 Å². The molecule has 8 nitrogen and oxygen atoms in total. The Hall–Kier alpha value is -2.00. The third-order valence-corrected chi connectivity index (χ3v) is 3.63. The van der Waals surface area contributed by atoms with Crippen molar-refractivity contribution in [3.8, 4) is 0 Å². The Balaban J connectivity index is 1.99. The Bertz CT molecular complexity index is 575. The van der Waals surface area contributed by atoms with Gasteiger partial charge in [0.15, 0.2) is 18.5 Å². The van der Waals surface area contributed by atoms with Gasteiger partial charge < -0.3 is 29.2 Å². The Labute approximate surface area is 145 Å². The molecule has 0 aliphatic carbocycles. The largest absolute Gasteiger partial charge is 0.455 e. The summed E-state index contributed by atoms with van der Waals surface area (Å²) in [7, 11) is 0. The molecular weight excluding hydrogens is 332 g/mol. The summed E-state index contributed by atoms with van der Waals surface area (Å²) in [5, 5.41) is 20.4. The zero-order valence-corrected chi connectivity index (χ0v) is 14.0. The first-order chi connectivity index (χ1) is 11.9. The fraction of sp³-hybridized carbons (Fsp3) is 0.529. The summed E-state index contributed by atoms with van der Waals surface area (Å²) < 4.78 is 20.7. The summed E-state index contributed by atoms with van der Waals surface area (Å²) in [6.07, 6.45) is -6.40. The van der Waals surface area contributed by atoms with Crippen molar-refractivity contribution in [3.63, 3.8) is 0 Å². The predicted octanol–water partition coefficient (Wildman–Crippen LogP) is 0.145. The number of hydrogen-bond donors (Lipinski definition) is 2. The minimum Gasteiger partial charge on any atom is -0.455 e. The number of ether oxygens (including phenoxy) is 4. The summed E-state index contributed by atoms with van der Waals surface area (Å²) in [5.74, 6) is -1.38. The number of hydrogen-bond acceptors (Lipinski definition) is 8. The van der Waals surface area contributed by atoms with Gasteiger partial charge in [0.25, 0.3) is 0 Å². The fourth-order valence-corrected chi connectivity index (χ4v) is 2.56. The lowest BCUT2D eigenvalue weighted by atomic mass is 9.98. The van der Waals surface area contributed by atoms with E-state index in [-0.39, 0.29) is 13.2 Å². The topological polar surface area (TPSA) is 112 Å². The second-order valence-electron chi connectivity index (χ2n) is 5.70. The van der Waals surface area contributed by atoms with Crippen LogP contribution in [0.1, 0.15) is 19.4 Å². The molecule has 0 spiro atoms. The predicted molar refractivity (Wildman–Crippen MR) is 84.1 cm³/mol. The summed E-state index contributed by atoms with van der Waals surface area (Å²) in [6.45, 7) is 2.53. The highest BCUT2D eigenvalue weighted by molar-refractivity contribution is 5.67. The Morgan fingerprint density at radius 2 is 1.64 bits per heavy atom. The molecule has 25 heavy (non-hydrogen) atoms. The van der Waals surface area contributed by atoms with E-state index in [1.807, 2.05) is 30.3 Å². The molecule has 138 valence electrons. The lowest BCUT2D eigenvalue weighted by molar-refractivity contribution is -0.295. The van der Waals surface area contributed by atoms with E-state index in [0.717, 1.165) is 19.4 Å². The van der Waals surface area contributed by atoms with Gasteiger partial charge in [-0.2, -0.15) is 0 Å². The third-order valence-electron chi connectivity index (χ3n) is 3.63. The van der Waals surface area contributed by atoms with Crippen LogP contribution in [0.25, 0.3) is 0 Å². The Morgan fingerprint density at radius 3 is 2.24 bits per heavy atom. The van der Waals surface area contributed by atoms with Crippen LogP contribution in [-0.4, -0.2) is 59.5 Å². The molecule has 1 saturated heterocycles. The van der Waals surface area contributed by atoms with E-state index in [9.17, 15) is 19.8 Å². The lowest BCUT2D eigenvalue weighted by Gasteiger charge is -2.41. The van der Waals surface area contributed by atoms with E-state index in [2.05, 4.69) is 0 Å². The number of esters is 2. The molecule has 1 heterocycles. The normalized spacial score (nSPS) is 29.0. The van der Waals surface area contributed by atoms with E-state index in [0.29, 0.717) is 0 Å². The monoisotopic (exact) mass is 354 g/mol. The molecular formula is C17H22O8. The van der Waals surface area contributed by atoms with Crippen LogP contribution in [0, 0.1) is 0 Å². The van der Waals surface area contributed by atoms with Crippen LogP contribution >= 0.6 is 0 Å². The second kappa shape index (κ2) is 8.91. The molecule has 0 aromatic heterocycles. The van der Waals surface area contributed by atoms with Crippen LogP contribution in [0.2, 0.25) is 0 Å². The molecule has 2 N–H and O–H groups in total. The van der Waals surface area contributed by atoms with Crippen molar-refractivity contribution < 1.29 is 38.7 Å². The van der Waals surface area contributed by atoms with Gasteiger partial charge in [-0.3, -0.25) is 9.59 Å². The van der Waals surface area contributed by atoms with Crippen molar-refractivity contribution in [2.45, 2.75) is 51.2 Å². The molecule has 0 radical (unpaired) electrons. The van der Waals surface area contributed by atoms with Crippen molar-refractivity contribution in [2.24, 2.45) is 0 Å². The van der Waals surface area contributed by atoms with Crippen molar-refractivity contribution in [3.05, 3.63) is 35.9 Å². The number of aliphatic hydroxyl groups excluding tert-OH is 2. The first-order valence-electron chi connectivity index (χ1n) is 7.86. The van der Waals surface area contributed by atoms with E-state index in [1.54, 1.807) is 0 Å². The number of carbonyl (C=O) groups is 2. The fourth-order valence-electron chi connectivity index (χ4n) is 2.56. The van der Waals surface area contributed by atoms with Gasteiger partial charge >= 0.3 is 11.9 Å². The zero-order chi connectivity index (χ0) is 18.4. The summed E-state index contributed by atoms with van der Waals surface area (Å²) in [6, 6.07) is 9.38. The van der Waals surface area contributed by atoms with Crippen LogP contribution < -0.4 is 0 Å². The lowest BCUT2D eigenvalue weighted by Crippen LogP contribution is -2.61. The maximum absolute atomic E-state index is 11.3. The quantitative estimate of drug-likeness (QED) is 0.694. The number of carbonyl (C=O) groups excluding carboxylic acids is 2. The standard InChI is InChI=1S/C17H22O8/c1-10(18)23-15-14(20)13(25-17(21)16(15)24-11(2)19)9-22-8-12-6-4-3-5-7-12/h3-7,13-17,20-21H,8-9H2,1-2H3/t13-,14-,15+,16-,17?/m1/s1. The van der Waals surface area contributed by atoms with E-state index in [1.165, 1.54) is 0 Å². The maximum atomic E-state index is 11.3. The van der Waals surface area contributed by atoms with Crippen LogP contribution in [0.3, 0.4) is 0 Å². The molecule has 2 rings (SSSR count). The molecule has 8 heteroatoms. The smallest absolute Gasteiger partial charge is 0.303 e. The molecule has 5 atom stereocenters. The average Bonchev–Trinajstić information content (AvgIpc) is 2.55. The van der Waals surface area contributed by atoms with Gasteiger partial charge in [0.1, 0.15) is 12.2 Å². The van der Waals surface area contributed by atoms with Crippen LogP contribution in [0.15, 0.2) is 30.3 Å². The van der Waals surface area contributed by atoms with Crippen LogP contribution in [0.4, 0.5) is 0 Å². The van der Waals surface area contributed by atoms with Crippen molar-refractivity contribution >= 4 is 11.9 Å². The first kappa shape index (κ1) is 19.3. The molecule has 1 fully saturated rings. The Morgan fingerprint density at radius 1 is 1.04 bits per heavy atom. The summed E-state index contributed by atoms with van der Waals surface area (Å²) in [5.41, 5.74) is 0.933. The van der Waals surface area contributed by atoms with Crippen LogP contribution in [-0.2, 0) is 35.1 Å². The number of benzene rings is 1. The Kier molecular flexibility index (Phi) is 6.89. The molecule has 0 amide bonds. The van der Waals surface area contributed by atoms with E-state index >= 15 is 0 Å². The molecule has 1 aliphatic rings. The van der Waals surface area contributed by atoms with Gasteiger partial charge in [-0.05, 0) is 5.56 Å². The van der Waals surface area contributed by atoms with Gasteiger partial charge in [-0.1, -0.05) is 30.3 Å². The molecule has 1 unspecified atom stereocenters. The van der Waals surface area contributed by atoms with Gasteiger partial charge in [0.05, 0.1) is 13.2 Å². The summed E-state index contributed by atoms with van der Waals surface area (Å²) in [4.78, 5) is 22.4. The first-order valence-corrected chi connectivity index (χ1v) is 7.86. The minimum atomic E-state index is -1.55. The highest BCUT2D eigenvalue weighted by atomic mass is 16.7. The van der Waals surface area contributed by atoms with E-state index in [4.69, 9.17) is 18.9 Å². The van der Waals surface area contributed by atoms with Gasteiger partial charge in [0.2, 0.25) is 0 Å². The molecule has 1 aromatic carbocycles. The summed E-state index contributed by atoms with van der Waals surface area (Å²) >= 11 is 0. The minimum absolute atomic E-state index is 0.0440. The van der Waals surface area contributed by atoms with Gasteiger partial charge in [-0.25, -0.2) is 0 Å². The molecule has 1 aliphatic heterocycles. The molecule has 1 aromatic rings. The highest BCUT2D eigenvalue weighted by Gasteiger charge is 2.48. The molecule has 0 saturated carbocycles. The highest BCUT2D eigenvalue weighted by Crippen LogP contribution is 2.25.